The molecule has 2 aromatic rings. The van der Waals surface area contributed by atoms with Gasteiger partial charge in [-0.15, -0.1) is 13.2 Å². The highest BCUT2D eigenvalue weighted by Gasteiger charge is 2.15. The highest BCUT2D eigenvalue weighted by atomic mass is 16.2. The van der Waals surface area contributed by atoms with E-state index in [1.807, 2.05) is 26.0 Å². The summed E-state index contributed by atoms with van der Waals surface area (Å²) in [6.45, 7) is 17.5. The van der Waals surface area contributed by atoms with Gasteiger partial charge in [0.25, 0.3) is 0 Å². The average molecular weight is 411 g/mol. The Balaban J connectivity index is 0.00000198. The van der Waals surface area contributed by atoms with Crippen molar-refractivity contribution < 1.29 is 4.79 Å². The van der Waals surface area contributed by atoms with Crippen LogP contribution in [0, 0.1) is 0 Å². The lowest BCUT2D eigenvalue weighted by molar-refractivity contribution is -0.122. The minimum absolute atomic E-state index is 0.131. The first kappa shape index (κ1) is 27.6. The smallest absolute Gasteiger partial charge is 0.234 e. The maximum Gasteiger partial charge on any atom is 0.234 e. The van der Waals surface area contributed by atoms with E-state index in [0.29, 0.717) is 19.0 Å². The fourth-order valence-electron chi connectivity index (χ4n) is 3.41. The summed E-state index contributed by atoms with van der Waals surface area (Å²) in [7, 11) is 0. The predicted octanol–water partition coefficient (Wildman–Crippen LogP) is 6.28. The Bertz CT molecular complexity index is 597. The molecule has 0 aliphatic carbocycles. The Hall–Kier alpha value is -2.39. The standard InChI is InChI=1S/C23H32N2O.C2H6.C2H4/c1-3-17-25(18-4-2)19-23(26)24-16-15-22(20-11-7-5-8-12-20)21-13-9-6-10-14-21;2*1-2/h5-14,22H,3-4,15-19H2,1-2H3,(H,24,26);1-2H3;1-2H2. The Morgan fingerprint density at radius 1 is 0.867 bits per heavy atom. The Labute approximate surface area is 185 Å². The molecule has 0 saturated carbocycles. The molecule has 3 heteroatoms. The van der Waals surface area contributed by atoms with Gasteiger partial charge >= 0.3 is 0 Å². The van der Waals surface area contributed by atoms with Gasteiger partial charge in [-0.2, -0.15) is 0 Å². The lowest BCUT2D eigenvalue weighted by Crippen LogP contribution is -2.38. The van der Waals surface area contributed by atoms with E-state index in [1.54, 1.807) is 0 Å². The minimum Gasteiger partial charge on any atom is -0.355 e. The SMILES string of the molecule is C=C.CC.CCCN(CCC)CC(=O)NCCC(c1ccccc1)c1ccccc1. The van der Waals surface area contributed by atoms with Gasteiger partial charge in [-0.3, -0.25) is 9.69 Å². The van der Waals surface area contributed by atoms with Gasteiger partial charge in [0.2, 0.25) is 5.91 Å². The molecule has 0 spiro atoms. The quantitative estimate of drug-likeness (QED) is 0.442. The summed E-state index contributed by atoms with van der Waals surface area (Å²) in [5.41, 5.74) is 2.60. The fraction of sp³-hybridized carbons (Fsp3) is 0.444. The molecule has 0 unspecified atom stereocenters. The first-order valence-corrected chi connectivity index (χ1v) is 11.3. The van der Waals surface area contributed by atoms with Gasteiger partial charge in [0.15, 0.2) is 0 Å². The zero-order chi connectivity index (χ0) is 22.6. The summed E-state index contributed by atoms with van der Waals surface area (Å²) in [5, 5.41) is 3.12. The molecule has 0 saturated heterocycles. The predicted molar refractivity (Wildman–Crippen MR) is 132 cm³/mol. The molecule has 3 nitrogen and oxygen atoms in total. The van der Waals surface area contributed by atoms with Crippen LogP contribution in [0.25, 0.3) is 0 Å². The first-order valence-electron chi connectivity index (χ1n) is 11.3. The molecule has 2 aromatic carbocycles. The number of hydrogen-bond acceptors (Lipinski definition) is 2. The van der Waals surface area contributed by atoms with Crippen LogP contribution in [0.5, 0.6) is 0 Å². The van der Waals surface area contributed by atoms with Gasteiger partial charge < -0.3 is 5.32 Å². The number of benzene rings is 2. The van der Waals surface area contributed by atoms with Crippen molar-refractivity contribution in [1.82, 2.24) is 10.2 Å². The number of nitrogens with one attached hydrogen (secondary N) is 1. The molecule has 0 radical (unpaired) electrons. The molecule has 0 aromatic heterocycles. The van der Waals surface area contributed by atoms with Crippen LogP contribution in [-0.2, 0) is 4.79 Å². The molecular formula is C27H42N2O. The molecule has 0 heterocycles. The second-order valence-corrected chi connectivity index (χ2v) is 6.79. The summed E-state index contributed by atoms with van der Waals surface area (Å²) in [4.78, 5) is 14.5. The van der Waals surface area contributed by atoms with Crippen molar-refractivity contribution in [2.45, 2.75) is 52.9 Å². The minimum atomic E-state index is 0.131. The van der Waals surface area contributed by atoms with Crippen molar-refractivity contribution in [2.24, 2.45) is 0 Å². The number of hydrogen-bond donors (Lipinski definition) is 1. The molecule has 166 valence electrons. The highest BCUT2D eigenvalue weighted by Crippen LogP contribution is 2.27. The van der Waals surface area contributed by atoms with E-state index >= 15 is 0 Å². The van der Waals surface area contributed by atoms with E-state index in [2.05, 4.69) is 85.8 Å². The number of carbonyl (C=O) groups is 1. The highest BCUT2D eigenvalue weighted by molar-refractivity contribution is 5.78. The molecule has 0 aliphatic heterocycles. The van der Waals surface area contributed by atoms with E-state index in [9.17, 15) is 4.79 Å². The second-order valence-electron chi connectivity index (χ2n) is 6.79. The van der Waals surface area contributed by atoms with Crippen molar-refractivity contribution in [3.05, 3.63) is 84.9 Å². The number of carbonyl (C=O) groups excluding carboxylic acids is 1. The molecule has 1 amide bonds. The summed E-state index contributed by atoms with van der Waals surface area (Å²) in [6.07, 6.45) is 3.07. The lowest BCUT2D eigenvalue weighted by atomic mass is 9.88. The third kappa shape index (κ3) is 11.0. The first-order chi connectivity index (χ1) is 14.7. The molecule has 30 heavy (non-hydrogen) atoms. The molecule has 0 bridgehead atoms. The van der Waals surface area contributed by atoms with Gasteiger partial charge in [-0.05, 0) is 43.5 Å². The van der Waals surface area contributed by atoms with Crippen LogP contribution >= 0.6 is 0 Å². The van der Waals surface area contributed by atoms with E-state index in [1.165, 1.54) is 11.1 Å². The van der Waals surface area contributed by atoms with E-state index in [4.69, 9.17) is 0 Å². The maximum absolute atomic E-state index is 12.3. The monoisotopic (exact) mass is 410 g/mol. The summed E-state index contributed by atoms with van der Waals surface area (Å²) in [6, 6.07) is 21.1. The Morgan fingerprint density at radius 2 is 1.30 bits per heavy atom. The van der Waals surface area contributed by atoms with Crippen molar-refractivity contribution in [3.63, 3.8) is 0 Å². The molecular weight excluding hydrogens is 368 g/mol. The summed E-state index contributed by atoms with van der Waals surface area (Å²) >= 11 is 0. The van der Waals surface area contributed by atoms with Gasteiger partial charge in [0.1, 0.15) is 0 Å². The molecule has 0 fully saturated rings. The zero-order valence-electron chi connectivity index (χ0n) is 19.6. The molecule has 0 aliphatic rings. The molecule has 2 rings (SSSR count). The molecule has 1 N–H and O–H groups in total. The maximum atomic E-state index is 12.3. The van der Waals surface area contributed by atoms with Gasteiger partial charge in [0, 0.05) is 12.5 Å². The van der Waals surface area contributed by atoms with Gasteiger partial charge in [-0.25, -0.2) is 0 Å². The topological polar surface area (TPSA) is 32.3 Å². The Morgan fingerprint density at radius 3 is 1.70 bits per heavy atom. The van der Waals surface area contributed by atoms with Crippen LogP contribution in [0.1, 0.15) is 64.0 Å². The van der Waals surface area contributed by atoms with Gasteiger partial charge in [-0.1, -0.05) is 88.4 Å². The van der Waals surface area contributed by atoms with Crippen molar-refractivity contribution in [1.29, 1.82) is 0 Å². The fourth-order valence-corrected chi connectivity index (χ4v) is 3.41. The number of amides is 1. The zero-order valence-corrected chi connectivity index (χ0v) is 19.6. The second kappa shape index (κ2) is 18.6. The van der Waals surface area contributed by atoms with Crippen LogP contribution < -0.4 is 5.32 Å². The van der Waals surface area contributed by atoms with E-state index < -0.39 is 0 Å². The van der Waals surface area contributed by atoms with E-state index in [-0.39, 0.29) is 5.91 Å². The normalized spacial score (nSPS) is 9.93. The summed E-state index contributed by atoms with van der Waals surface area (Å²) < 4.78 is 0. The third-order valence-electron chi connectivity index (χ3n) is 4.61. The van der Waals surface area contributed by atoms with Crippen molar-refractivity contribution >= 4 is 5.91 Å². The third-order valence-corrected chi connectivity index (χ3v) is 4.61. The number of nitrogens with zero attached hydrogens (tertiary/aromatic N) is 1. The molecule has 0 atom stereocenters. The van der Waals surface area contributed by atoms with Crippen LogP contribution in [0.3, 0.4) is 0 Å². The van der Waals surface area contributed by atoms with Crippen LogP contribution in [-0.4, -0.2) is 37.0 Å². The van der Waals surface area contributed by atoms with Crippen LogP contribution in [0.4, 0.5) is 0 Å². The summed E-state index contributed by atoms with van der Waals surface area (Å²) in [5.74, 6) is 0.437. The van der Waals surface area contributed by atoms with Crippen molar-refractivity contribution in [2.75, 3.05) is 26.2 Å². The number of rotatable bonds is 11. The largest absolute Gasteiger partial charge is 0.355 e. The van der Waals surface area contributed by atoms with Gasteiger partial charge in [0.05, 0.1) is 6.54 Å². The average Bonchev–Trinajstić information content (AvgIpc) is 2.81. The van der Waals surface area contributed by atoms with Crippen molar-refractivity contribution in [3.8, 4) is 0 Å². The van der Waals surface area contributed by atoms with Crippen LogP contribution in [0.2, 0.25) is 0 Å². The Kier molecular flexibility index (Phi) is 17.1. The van der Waals surface area contributed by atoms with Crippen LogP contribution in [0.15, 0.2) is 73.8 Å². The van der Waals surface area contributed by atoms with E-state index in [0.717, 1.165) is 32.4 Å². The lowest BCUT2D eigenvalue weighted by Gasteiger charge is -2.21.